The van der Waals surface area contributed by atoms with E-state index in [0.717, 1.165) is 51.4 Å². The molecule has 0 radical (unpaired) electrons. The fraction of sp³-hybridized carbons (Fsp3) is 0.833. The molecule has 1 heterocycles. The molecule has 34 heavy (non-hydrogen) atoms. The van der Waals surface area contributed by atoms with Gasteiger partial charge in [0, 0.05) is 23.2 Å². The highest BCUT2D eigenvalue weighted by molar-refractivity contribution is 6.05. The topological polar surface area (TPSA) is 60.4 Å². The average molecular weight is 467 g/mol. The maximum Gasteiger partial charge on any atom is 0.313 e. The van der Waals surface area contributed by atoms with Crippen molar-refractivity contribution in [1.29, 1.82) is 0 Å². The van der Waals surface area contributed by atoms with Gasteiger partial charge in [-0.3, -0.25) is 14.4 Å². The zero-order valence-corrected chi connectivity index (χ0v) is 22.2. The average Bonchev–Trinajstić information content (AvgIpc) is 2.93. The molecular weight excluding hydrogens is 424 g/mol. The third-order valence-corrected chi connectivity index (χ3v) is 12.9. The third kappa shape index (κ3) is 2.18. The van der Waals surface area contributed by atoms with Crippen LogP contribution in [0.5, 0.6) is 0 Å². The number of hydrogen-bond acceptors (Lipinski definition) is 4. The first-order valence-corrected chi connectivity index (χ1v) is 13.6. The SMILES string of the molecule is CC1(C)CC[C@@]23CC[C@@]4(C)[C@]5(C)CC[C@H]6C(C)(C)C(=O)CC[C@]6(C)C5=CC(=O)[C@]4(OC2=O)[C@@H]3C1. The van der Waals surface area contributed by atoms with Gasteiger partial charge < -0.3 is 4.74 Å². The zero-order chi connectivity index (χ0) is 24.7. The number of Topliss-reactive ketones (excluding diaryl/α,β-unsaturated/α-hetero) is 1. The summed E-state index contributed by atoms with van der Waals surface area (Å²) < 4.78 is 6.48. The Morgan fingerprint density at radius 3 is 2.21 bits per heavy atom. The van der Waals surface area contributed by atoms with Crippen molar-refractivity contribution < 1.29 is 19.1 Å². The highest BCUT2D eigenvalue weighted by atomic mass is 16.6. The van der Waals surface area contributed by atoms with Crippen LogP contribution in [0.15, 0.2) is 11.6 Å². The van der Waals surface area contributed by atoms with Crippen molar-refractivity contribution in [1.82, 2.24) is 0 Å². The number of rotatable bonds is 0. The van der Waals surface area contributed by atoms with E-state index in [0.29, 0.717) is 12.2 Å². The summed E-state index contributed by atoms with van der Waals surface area (Å²) in [4.78, 5) is 41.0. The molecule has 0 unspecified atom stereocenters. The summed E-state index contributed by atoms with van der Waals surface area (Å²) in [6.45, 7) is 15.8. The van der Waals surface area contributed by atoms with Crippen LogP contribution >= 0.6 is 0 Å². The maximum atomic E-state index is 14.4. The molecule has 1 saturated heterocycles. The summed E-state index contributed by atoms with van der Waals surface area (Å²) in [5, 5.41) is 0. The Balaban J connectivity index is 1.56. The van der Waals surface area contributed by atoms with Crippen LogP contribution in [-0.4, -0.2) is 23.1 Å². The van der Waals surface area contributed by atoms with Gasteiger partial charge in [0.25, 0.3) is 0 Å². The molecular formula is C30H42O4. The first kappa shape index (κ1) is 23.0. The molecule has 186 valence electrons. The minimum Gasteiger partial charge on any atom is -0.449 e. The molecule has 0 amide bonds. The van der Waals surface area contributed by atoms with Crippen LogP contribution in [0.3, 0.4) is 0 Å². The second kappa shape index (κ2) is 6.09. The Morgan fingerprint density at radius 1 is 0.824 bits per heavy atom. The lowest BCUT2D eigenvalue weighted by Gasteiger charge is -2.69. The molecule has 7 atom stereocenters. The van der Waals surface area contributed by atoms with E-state index >= 15 is 0 Å². The molecule has 4 saturated carbocycles. The second-order valence-corrected chi connectivity index (χ2v) is 14.9. The normalized spacial score (nSPS) is 52.6. The van der Waals surface area contributed by atoms with E-state index in [1.165, 1.54) is 5.57 Å². The van der Waals surface area contributed by atoms with Gasteiger partial charge in [-0.2, -0.15) is 0 Å². The first-order valence-electron chi connectivity index (χ1n) is 13.6. The predicted molar refractivity (Wildman–Crippen MR) is 130 cm³/mol. The molecule has 0 aromatic carbocycles. The van der Waals surface area contributed by atoms with E-state index in [2.05, 4.69) is 48.5 Å². The summed E-state index contributed by atoms with van der Waals surface area (Å²) in [6, 6.07) is 0. The number of hydrogen-bond donors (Lipinski definition) is 0. The minimum atomic E-state index is -1.04. The van der Waals surface area contributed by atoms with Gasteiger partial charge in [0.2, 0.25) is 0 Å². The van der Waals surface area contributed by atoms with Crippen molar-refractivity contribution in [3.8, 4) is 0 Å². The van der Waals surface area contributed by atoms with Crippen LogP contribution in [-0.2, 0) is 19.1 Å². The molecule has 5 aliphatic carbocycles. The van der Waals surface area contributed by atoms with Crippen LogP contribution in [0.2, 0.25) is 0 Å². The molecule has 1 spiro atoms. The Labute approximate surface area is 204 Å². The van der Waals surface area contributed by atoms with Crippen molar-refractivity contribution in [2.75, 3.05) is 0 Å². The van der Waals surface area contributed by atoms with Gasteiger partial charge >= 0.3 is 5.97 Å². The monoisotopic (exact) mass is 466 g/mol. The predicted octanol–water partition coefficient (Wildman–Crippen LogP) is 6.22. The van der Waals surface area contributed by atoms with Crippen LogP contribution in [0.4, 0.5) is 0 Å². The zero-order valence-electron chi connectivity index (χ0n) is 22.2. The van der Waals surface area contributed by atoms with E-state index in [1.54, 1.807) is 0 Å². The molecule has 6 aliphatic rings. The summed E-state index contributed by atoms with van der Waals surface area (Å²) in [5.74, 6) is 0.507. The fourth-order valence-corrected chi connectivity index (χ4v) is 10.6. The van der Waals surface area contributed by atoms with Crippen molar-refractivity contribution in [3.05, 3.63) is 11.6 Å². The Kier molecular flexibility index (Phi) is 4.11. The Bertz CT molecular complexity index is 1070. The van der Waals surface area contributed by atoms with Gasteiger partial charge in [0.1, 0.15) is 5.78 Å². The Morgan fingerprint density at radius 2 is 1.50 bits per heavy atom. The molecule has 4 heteroatoms. The molecule has 6 rings (SSSR count). The Hall–Kier alpha value is -1.45. The molecule has 0 aromatic heterocycles. The van der Waals surface area contributed by atoms with Gasteiger partial charge in [-0.15, -0.1) is 0 Å². The number of ether oxygens (including phenoxy) is 1. The van der Waals surface area contributed by atoms with Crippen molar-refractivity contribution in [3.63, 3.8) is 0 Å². The largest absolute Gasteiger partial charge is 0.449 e. The molecule has 2 bridgehead atoms. The number of ketones is 2. The van der Waals surface area contributed by atoms with Gasteiger partial charge in [0.15, 0.2) is 11.4 Å². The summed E-state index contributed by atoms with van der Waals surface area (Å²) in [7, 11) is 0. The maximum absolute atomic E-state index is 14.4. The van der Waals surface area contributed by atoms with Crippen LogP contribution in [0, 0.1) is 44.3 Å². The number of esters is 1. The lowest BCUT2D eigenvalue weighted by molar-refractivity contribution is -0.209. The molecule has 0 aromatic rings. The summed E-state index contributed by atoms with van der Waals surface area (Å²) in [5.41, 5.74) is -1.35. The number of allylic oxidation sites excluding steroid dienone is 1. The van der Waals surface area contributed by atoms with E-state index in [4.69, 9.17) is 4.74 Å². The third-order valence-electron chi connectivity index (χ3n) is 12.9. The van der Waals surface area contributed by atoms with Crippen LogP contribution < -0.4 is 0 Å². The lowest BCUT2D eigenvalue weighted by Crippen LogP contribution is -2.71. The molecule has 5 fully saturated rings. The minimum absolute atomic E-state index is 0.0352. The van der Waals surface area contributed by atoms with Gasteiger partial charge in [-0.05, 0) is 79.6 Å². The number of fused-ring (bicyclic) bond motifs is 4. The van der Waals surface area contributed by atoms with E-state index in [1.807, 2.05) is 6.08 Å². The van der Waals surface area contributed by atoms with E-state index < -0.39 is 16.4 Å². The lowest BCUT2D eigenvalue weighted by atomic mass is 9.33. The second-order valence-electron chi connectivity index (χ2n) is 14.9. The quantitative estimate of drug-likeness (QED) is 0.398. The molecule has 0 N–H and O–H groups in total. The van der Waals surface area contributed by atoms with Crippen LogP contribution in [0.1, 0.15) is 106 Å². The molecule has 1 aliphatic heterocycles. The van der Waals surface area contributed by atoms with Crippen molar-refractivity contribution in [2.24, 2.45) is 44.3 Å². The van der Waals surface area contributed by atoms with Crippen molar-refractivity contribution in [2.45, 2.75) is 112 Å². The van der Waals surface area contributed by atoms with Crippen molar-refractivity contribution >= 4 is 17.5 Å². The summed E-state index contributed by atoms with van der Waals surface area (Å²) in [6.07, 6.45) is 9.70. The fourth-order valence-electron chi connectivity index (χ4n) is 10.6. The highest BCUT2D eigenvalue weighted by Crippen LogP contribution is 2.78. The first-order chi connectivity index (χ1) is 15.6. The highest BCUT2D eigenvalue weighted by Gasteiger charge is 2.82. The van der Waals surface area contributed by atoms with Gasteiger partial charge in [0.05, 0.1) is 5.41 Å². The van der Waals surface area contributed by atoms with E-state index in [9.17, 15) is 14.4 Å². The van der Waals surface area contributed by atoms with Crippen LogP contribution in [0.25, 0.3) is 0 Å². The summed E-state index contributed by atoms with van der Waals surface area (Å²) >= 11 is 0. The standard InChI is InChI=1S/C30H42O4/c1-24(2)12-14-29-15-13-28(7)27(6)11-8-18-25(3,4)21(31)9-10-26(18,5)19(27)16-22(32)30(28,20(29)17-24)34-23(29)33/h16,18,20H,8-15,17H2,1-7H3/t18-,20+,26-,27+,28-,29-,30+/m0/s1. The van der Waals surface area contributed by atoms with Gasteiger partial charge in [-0.1, -0.05) is 54.0 Å². The number of carbonyl (C=O) groups excluding carboxylic acids is 3. The smallest absolute Gasteiger partial charge is 0.313 e. The van der Waals surface area contributed by atoms with Gasteiger partial charge in [-0.25, -0.2) is 0 Å². The number of carbonyl (C=O) groups is 3. The molecule has 4 nitrogen and oxygen atoms in total. The van der Waals surface area contributed by atoms with E-state index in [-0.39, 0.29) is 45.2 Å².